The standard InChI is InChI=1S/C22H23Cl2N3O3/c1-14(2)13-30-21-18(24)10-16(11-19(21)29-3)22(28)26-20-8-9-25-27(20)12-15-6-4-5-7-17(15)23/h4-11,14H,12-13H2,1-3H3,(H,26,28). The third-order valence-electron chi connectivity index (χ3n) is 4.29. The second kappa shape index (κ2) is 9.87. The highest BCUT2D eigenvalue weighted by Crippen LogP contribution is 2.37. The van der Waals surface area contributed by atoms with Gasteiger partial charge in [0.15, 0.2) is 11.5 Å². The fourth-order valence-corrected chi connectivity index (χ4v) is 3.24. The van der Waals surface area contributed by atoms with Crippen molar-refractivity contribution in [3.05, 3.63) is 69.8 Å². The Morgan fingerprint density at radius 3 is 2.63 bits per heavy atom. The van der Waals surface area contributed by atoms with E-state index in [0.29, 0.717) is 52.0 Å². The number of ether oxygens (including phenoxy) is 2. The van der Waals surface area contributed by atoms with Gasteiger partial charge in [-0.1, -0.05) is 55.2 Å². The van der Waals surface area contributed by atoms with Gasteiger partial charge >= 0.3 is 0 Å². The molecule has 0 saturated carbocycles. The average Bonchev–Trinajstić information content (AvgIpc) is 3.14. The minimum atomic E-state index is -0.341. The fraction of sp³-hybridized carbons (Fsp3) is 0.273. The van der Waals surface area contributed by atoms with Gasteiger partial charge in [0.25, 0.3) is 5.91 Å². The molecule has 0 aliphatic carbocycles. The number of hydrogen-bond donors (Lipinski definition) is 1. The van der Waals surface area contributed by atoms with E-state index in [0.717, 1.165) is 5.56 Å². The topological polar surface area (TPSA) is 65.4 Å². The molecule has 0 bridgehead atoms. The number of carbonyl (C=O) groups excluding carboxylic acids is 1. The van der Waals surface area contributed by atoms with Crippen LogP contribution in [0.15, 0.2) is 48.7 Å². The third kappa shape index (κ3) is 5.26. The highest BCUT2D eigenvalue weighted by molar-refractivity contribution is 6.33. The second-order valence-electron chi connectivity index (χ2n) is 7.11. The molecule has 1 N–H and O–H groups in total. The number of methoxy groups -OCH3 is 1. The number of amides is 1. The largest absolute Gasteiger partial charge is 0.493 e. The zero-order valence-electron chi connectivity index (χ0n) is 17.0. The molecule has 8 heteroatoms. The summed E-state index contributed by atoms with van der Waals surface area (Å²) in [5.74, 6) is 1.35. The molecule has 1 heterocycles. The number of hydrogen-bond acceptors (Lipinski definition) is 4. The lowest BCUT2D eigenvalue weighted by Gasteiger charge is -2.15. The van der Waals surface area contributed by atoms with Gasteiger partial charge in [0.1, 0.15) is 5.82 Å². The van der Waals surface area contributed by atoms with Gasteiger partial charge in [-0.3, -0.25) is 4.79 Å². The van der Waals surface area contributed by atoms with E-state index < -0.39 is 0 Å². The Bertz CT molecular complexity index is 1030. The van der Waals surface area contributed by atoms with Crippen LogP contribution < -0.4 is 14.8 Å². The van der Waals surface area contributed by atoms with Crippen LogP contribution in [-0.2, 0) is 6.54 Å². The van der Waals surface area contributed by atoms with Crippen molar-refractivity contribution in [2.24, 2.45) is 5.92 Å². The molecule has 2 aromatic carbocycles. The molecule has 0 radical (unpaired) electrons. The van der Waals surface area contributed by atoms with Crippen LogP contribution in [0.3, 0.4) is 0 Å². The maximum Gasteiger partial charge on any atom is 0.257 e. The van der Waals surface area contributed by atoms with Crippen molar-refractivity contribution in [3.8, 4) is 11.5 Å². The van der Waals surface area contributed by atoms with E-state index in [1.54, 1.807) is 29.1 Å². The van der Waals surface area contributed by atoms with Crippen LogP contribution in [0.4, 0.5) is 5.82 Å². The van der Waals surface area contributed by atoms with Crippen molar-refractivity contribution in [1.82, 2.24) is 9.78 Å². The molecule has 6 nitrogen and oxygen atoms in total. The van der Waals surface area contributed by atoms with Gasteiger partial charge in [0.05, 0.1) is 31.5 Å². The molecule has 0 saturated heterocycles. The summed E-state index contributed by atoms with van der Waals surface area (Å²) >= 11 is 12.6. The number of halogens is 2. The second-order valence-corrected chi connectivity index (χ2v) is 7.93. The van der Waals surface area contributed by atoms with Crippen molar-refractivity contribution >= 4 is 34.9 Å². The van der Waals surface area contributed by atoms with Crippen molar-refractivity contribution in [1.29, 1.82) is 0 Å². The Morgan fingerprint density at radius 1 is 1.17 bits per heavy atom. The molecule has 30 heavy (non-hydrogen) atoms. The summed E-state index contributed by atoms with van der Waals surface area (Å²) in [5.41, 5.74) is 1.24. The van der Waals surface area contributed by atoms with Crippen LogP contribution in [0.2, 0.25) is 10.0 Å². The first-order chi connectivity index (χ1) is 14.4. The van der Waals surface area contributed by atoms with Gasteiger partial charge in [-0.2, -0.15) is 5.10 Å². The zero-order valence-corrected chi connectivity index (χ0v) is 18.5. The summed E-state index contributed by atoms with van der Waals surface area (Å²) in [5, 5.41) is 8.08. The number of rotatable bonds is 8. The van der Waals surface area contributed by atoms with Crippen LogP contribution in [0, 0.1) is 5.92 Å². The van der Waals surface area contributed by atoms with Gasteiger partial charge in [-0.25, -0.2) is 4.68 Å². The Balaban J connectivity index is 1.79. The summed E-state index contributed by atoms with van der Waals surface area (Å²) in [6, 6.07) is 12.4. The predicted molar refractivity (Wildman–Crippen MR) is 119 cm³/mol. The van der Waals surface area contributed by atoms with Crippen LogP contribution in [0.1, 0.15) is 29.8 Å². The number of benzene rings is 2. The maximum atomic E-state index is 12.8. The fourth-order valence-electron chi connectivity index (χ4n) is 2.78. The molecule has 3 rings (SSSR count). The molecule has 0 aliphatic heterocycles. The van der Waals surface area contributed by atoms with Gasteiger partial charge in [-0.15, -0.1) is 0 Å². The molecule has 0 atom stereocenters. The van der Waals surface area contributed by atoms with Crippen molar-refractivity contribution in [2.75, 3.05) is 19.0 Å². The molecule has 0 spiro atoms. The normalized spacial score (nSPS) is 10.9. The molecular formula is C22H23Cl2N3O3. The Hall–Kier alpha value is -2.70. The number of nitrogens with zero attached hydrogens (tertiary/aromatic N) is 2. The Morgan fingerprint density at radius 2 is 1.93 bits per heavy atom. The monoisotopic (exact) mass is 447 g/mol. The third-order valence-corrected chi connectivity index (χ3v) is 4.94. The molecule has 158 valence electrons. The van der Waals surface area contributed by atoms with Crippen LogP contribution in [-0.4, -0.2) is 29.4 Å². The minimum absolute atomic E-state index is 0.310. The first-order valence-electron chi connectivity index (χ1n) is 9.46. The SMILES string of the molecule is COc1cc(C(=O)Nc2ccnn2Cc2ccccc2Cl)cc(Cl)c1OCC(C)C. The number of anilines is 1. The summed E-state index contributed by atoms with van der Waals surface area (Å²) in [6.45, 7) is 4.99. The summed E-state index contributed by atoms with van der Waals surface area (Å²) in [4.78, 5) is 12.8. The summed E-state index contributed by atoms with van der Waals surface area (Å²) in [7, 11) is 1.51. The highest BCUT2D eigenvalue weighted by Gasteiger charge is 2.18. The summed E-state index contributed by atoms with van der Waals surface area (Å²) in [6.07, 6.45) is 1.61. The van der Waals surface area contributed by atoms with Gasteiger partial charge in [-0.05, 0) is 29.7 Å². The number of aromatic nitrogens is 2. The molecule has 1 amide bonds. The Labute approximate surface area is 185 Å². The lowest BCUT2D eigenvalue weighted by molar-refractivity contribution is 0.102. The van der Waals surface area contributed by atoms with E-state index >= 15 is 0 Å². The molecule has 0 aliphatic rings. The van der Waals surface area contributed by atoms with E-state index in [4.69, 9.17) is 32.7 Å². The Kier molecular flexibility index (Phi) is 7.24. The quantitative estimate of drug-likeness (QED) is 0.492. The van der Waals surface area contributed by atoms with Crippen LogP contribution in [0.5, 0.6) is 11.5 Å². The molecule has 1 aromatic heterocycles. The minimum Gasteiger partial charge on any atom is -0.493 e. The average molecular weight is 448 g/mol. The van der Waals surface area contributed by atoms with E-state index in [-0.39, 0.29) is 5.91 Å². The lowest BCUT2D eigenvalue weighted by atomic mass is 10.1. The van der Waals surface area contributed by atoms with Gasteiger partial charge < -0.3 is 14.8 Å². The van der Waals surface area contributed by atoms with E-state index in [1.165, 1.54) is 7.11 Å². The lowest BCUT2D eigenvalue weighted by Crippen LogP contribution is -2.16. The van der Waals surface area contributed by atoms with Crippen molar-refractivity contribution < 1.29 is 14.3 Å². The van der Waals surface area contributed by atoms with E-state index in [2.05, 4.69) is 10.4 Å². The first kappa shape index (κ1) is 22.0. The number of nitrogens with one attached hydrogen (secondary N) is 1. The van der Waals surface area contributed by atoms with E-state index in [9.17, 15) is 4.79 Å². The summed E-state index contributed by atoms with van der Waals surface area (Å²) < 4.78 is 12.8. The van der Waals surface area contributed by atoms with Gasteiger partial charge in [0, 0.05) is 16.7 Å². The zero-order chi connectivity index (χ0) is 21.7. The van der Waals surface area contributed by atoms with Crippen LogP contribution in [0.25, 0.3) is 0 Å². The molecular weight excluding hydrogens is 425 g/mol. The highest BCUT2D eigenvalue weighted by atomic mass is 35.5. The maximum absolute atomic E-state index is 12.8. The van der Waals surface area contributed by atoms with Crippen LogP contribution >= 0.6 is 23.2 Å². The number of carbonyl (C=O) groups is 1. The predicted octanol–water partition coefficient (Wildman–Crippen LogP) is 5.53. The van der Waals surface area contributed by atoms with Gasteiger partial charge in [0.2, 0.25) is 0 Å². The molecule has 3 aromatic rings. The van der Waals surface area contributed by atoms with E-state index in [1.807, 2.05) is 38.1 Å². The molecule has 0 fully saturated rings. The molecule has 0 unspecified atom stereocenters. The van der Waals surface area contributed by atoms with Crippen molar-refractivity contribution in [2.45, 2.75) is 20.4 Å². The first-order valence-corrected chi connectivity index (χ1v) is 10.2. The smallest absolute Gasteiger partial charge is 0.257 e. The van der Waals surface area contributed by atoms with Crippen molar-refractivity contribution in [3.63, 3.8) is 0 Å².